The van der Waals surface area contributed by atoms with Crippen LogP contribution >= 0.6 is 31.9 Å². The van der Waals surface area contributed by atoms with Crippen LogP contribution in [0.3, 0.4) is 0 Å². The first-order valence-electron chi connectivity index (χ1n) is 6.08. The van der Waals surface area contributed by atoms with Crippen LogP contribution in [0.25, 0.3) is 0 Å². The maximum Gasteiger partial charge on any atom is 0.137 e. The van der Waals surface area contributed by atoms with E-state index in [4.69, 9.17) is 4.74 Å². The van der Waals surface area contributed by atoms with Crippen molar-refractivity contribution in [3.63, 3.8) is 0 Å². The summed E-state index contributed by atoms with van der Waals surface area (Å²) in [5.41, 5.74) is 1.22. The minimum atomic E-state index is 0.556. The van der Waals surface area contributed by atoms with Crippen LogP contribution in [-0.4, -0.2) is 37.7 Å². The van der Waals surface area contributed by atoms with Crippen LogP contribution < -0.4 is 10.1 Å². The van der Waals surface area contributed by atoms with Crippen LogP contribution in [0, 0.1) is 0 Å². The zero-order chi connectivity index (χ0) is 13.1. The number of benzene rings is 1. The van der Waals surface area contributed by atoms with E-state index in [1.54, 1.807) is 7.11 Å². The molecule has 2 rings (SSSR count). The normalized spacial score (nSPS) is 21.0. The van der Waals surface area contributed by atoms with Crippen molar-refractivity contribution in [3.8, 4) is 5.75 Å². The molecule has 5 heteroatoms. The Labute approximate surface area is 125 Å². The van der Waals surface area contributed by atoms with Gasteiger partial charge in [0.2, 0.25) is 0 Å². The predicted molar refractivity (Wildman–Crippen MR) is 81.1 cm³/mol. The number of nitrogens with zero attached hydrogens (tertiary/aromatic N) is 1. The highest BCUT2D eigenvalue weighted by Gasteiger charge is 2.18. The molecule has 1 fully saturated rings. The van der Waals surface area contributed by atoms with Crippen molar-refractivity contribution in [1.29, 1.82) is 0 Å². The Morgan fingerprint density at radius 1 is 1.44 bits per heavy atom. The fourth-order valence-corrected chi connectivity index (χ4v) is 3.83. The largest absolute Gasteiger partial charge is 0.495 e. The quantitative estimate of drug-likeness (QED) is 0.876. The minimum absolute atomic E-state index is 0.556. The molecular weight excluding hydrogens is 360 g/mol. The van der Waals surface area contributed by atoms with E-state index in [1.165, 1.54) is 5.56 Å². The van der Waals surface area contributed by atoms with Gasteiger partial charge < -0.3 is 10.1 Å². The van der Waals surface area contributed by atoms with Gasteiger partial charge >= 0.3 is 0 Å². The van der Waals surface area contributed by atoms with Crippen molar-refractivity contribution >= 4 is 31.9 Å². The van der Waals surface area contributed by atoms with E-state index in [9.17, 15) is 0 Å². The molecule has 1 heterocycles. The van der Waals surface area contributed by atoms with Gasteiger partial charge in [-0.3, -0.25) is 4.90 Å². The van der Waals surface area contributed by atoms with E-state index in [-0.39, 0.29) is 0 Å². The van der Waals surface area contributed by atoms with Crippen LogP contribution in [0.2, 0.25) is 0 Å². The van der Waals surface area contributed by atoms with Gasteiger partial charge in [-0.15, -0.1) is 0 Å². The molecule has 1 aromatic rings. The molecule has 1 N–H and O–H groups in total. The van der Waals surface area contributed by atoms with E-state index in [1.807, 2.05) is 6.07 Å². The Bertz CT molecular complexity index is 426. The summed E-state index contributed by atoms with van der Waals surface area (Å²) >= 11 is 7.09. The highest BCUT2D eigenvalue weighted by Crippen LogP contribution is 2.33. The summed E-state index contributed by atoms with van der Waals surface area (Å²) in [5.74, 6) is 0.935. The lowest BCUT2D eigenvalue weighted by Crippen LogP contribution is -2.48. The third-order valence-electron chi connectivity index (χ3n) is 3.14. The highest BCUT2D eigenvalue weighted by molar-refractivity contribution is 9.11. The number of piperazine rings is 1. The summed E-state index contributed by atoms with van der Waals surface area (Å²) in [4.78, 5) is 2.46. The van der Waals surface area contributed by atoms with Gasteiger partial charge in [-0.2, -0.15) is 0 Å². The fourth-order valence-electron chi connectivity index (χ4n) is 2.36. The first-order chi connectivity index (χ1) is 8.60. The topological polar surface area (TPSA) is 24.5 Å². The van der Waals surface area contributed by atoms with Gasteiger partial charge in [-0.05, 0) is 35.0 Å². The Kier molecular flexibility index (Phi) is 5.06. The molecule has 1 atom stereocenters. The van der Waals surface area contributed by atoms with Crippen LogP contribution in [0.1, 0.15) is 12.5 Å². The second kappa shape index (κ2) is 6.37. The Hall–Kier alpha value is -0.100. The lowest BCUT2D eigenvalue weighted by molar-refractivity contribution is 0.197. The third kappa shape index (κ3) is 3.47. The fraction of sp³-hybridized carbons (Fsp3) is 0.538. The lowest BCUT2D eigenvalue weighted by atomic mass is 10.1. The van der Waals surface area contributed by atoms with Gasteiger partial charge in [0, 0.05) is 42.3 Å². The standard InChI is InChI=1S/C13H18Br2N2O/c1-9-7-17(4-3-16-9)8-10-5-11(14)6-12(15)13(10)18-2/h5-6,9,16H,3-4,7-8H2,1-2H3/t9-/m1/s1. The molecule has 0 unspecified atom stereocenters. The third-order valence-corrected chi connectivity index (χ3v) is 4.18. The van der Waals surface area contributed by atoms with E-state index in [0.29, 0.717) is 6.04 Å². The summed E-state index contributed by atoms with van der Waals surface area (Å²) < 4.78 is 7.56. The monoisotopic (exact) mass is 376 g/mol. The van der Waals surface area contributed by atoms with Crippen LogP contribution in [-0.2, 0) is 6.54 Å². The van der Waals surface area contributed by atoms with E-state index >= 15 is 0 Å². The summed E-state index contributed by atoms with van der Waals surface area (Å²) in [7, 11) is 1.72. The number of ether oxygens (including phenoxy) is 1. The van der Waals surface area contributed by atoms with Crippen LogP contribution in [0.5, 0.6) is 5.75 Å². The summed E-state index contributed by atoms with van der Waals surface area (Å²) in [6, 6.07) is 4.71. The second-order valence-corrected chi connectivity index (χ2v) is 6.44. The van der Waals surface area contributed by atoms with Gasteiger partial charge in [-0.25, -0.2) is 0 Å². The molecule has 18 heavy (non-hydrogen) atoms. The lowest BCUT2D eigenvalue weighted by Gasteiger charge is -2.32. The molecule has 1 aromatic carbocycles. The van der Waals surface area contributed by atoms with Gasteiger partial charge in [0.05, 0.1) is 11.6 Å². The minimum Gasteiger partial charge on any atom is -0.495 e. The van der Waals surface area contributed by atoms with Gasteiger partial charge in [0.15, 0.2) is 0 Å². The van der Waals surface area contributed by atoms with Gasteiger partial charge in [-0.1, -0.05) is 15.9 Å². The Morgan fingerprint density at radius 3 is 2.89 bits per heavy atom. The molecule has 100 valence electrons. The SMILES string of the molecule is COc1c(Br)cc(Br)cc1CN1CCN[C@H](C)C1. The maximum absolute atomic E-state index is 5.49. The molecule has 0 radical (unpaired) electrons. The van der Waals surface area contributed by atoms with E-state index in [0.717, 1.165) is 40.9 Å². The molecule has 1 saturated heterocycles. The Morgan fingerprint density at radius 2 is 2.22 bits per heavy atom. The average Bonchev–Trinajstić information content (AvgIpc) is 2.28. The van der Waals surface area contributed by atoms with Crippen LogP contribution in [0.15, 0.2) is 21.1 Å². The summed E-state index contributed by atoms with van der Waals surface area (Å²) in [5, 5.41) is 3.46. The molecule has 3 nitrogen and oxygen atoms in total. The predicted octanol–water partition coefficient (Wildman–Crippen LogP) is 3.01. The van der Waals surface area contributed by atoms with Crippen molar-refractivity contribution in [3.05, 3.63) is 26.6 Å². The number of methoxy groups -OCH3 is 1. The zero-order valence-corrected chi connectivity index (χ0v) is 13.8. The first-order valence-corrected chi connectivity index (χ1v) is 7.66. The van der Waals surface area contributed by atoms with Crippen molar-refractivity contribution in [2.24, 2.45) is 0 Å². The number of rotatable bonds is 3. The first kappa shape index (κ1) is 14.3. The zero-order valence-electron chi connectivity index (χ0n) is 10.7. The van der Waals surface area contributed by atoms with Crippen molar-refractivity contribution in [2.75, 3.05) is 26.7 Å². The average molecular weight is 378 g/mol. The van der Waals surface area contributed by atoms with Gasteiger partial charge in [0.25, 0.3) is 0 Å². The second-order valence-electron chi connectivity index (χ2n) is 4.67. The molecule has 0 saturated carbocycles. The van der Waals surface area contributed by atoms with E-state index in [2.05, 4.69) is 55.1 Å². The molecular formula is C13H18Br2N2O. The number of nitrogens with one attached hydrogen (secondary N) is 1. The summed E-state index contributed by atoms with van der Waals surface area (Å²) in [6.07, 6.45) is 0. The van der Waals surface area contributed by atoms with Crippen LogP contribution in [0.4, 0.5) is 0 Å². The highest BCUT2D eigenvalue weighted by atomic mass is 79.9. The van der Waals surface area contributed by atoms with Gasteiger partial charge in [0.1, 0.15) is 5.75 Å². The van der Waals surface area contributed by atoms with E-state index < -0.39 is 0 Å². The molecule has 0 spiro atoms. The molecule has 1 aliphatic rings. The smallest absolute Gasteiger partial charge is 0.137 e. The molecule has 0 aliphatic carbocycles. The molecule has 0 amide bonds. The molecule has 1 aliphatic heterocycles. The maximum atomic E-state index is 5.49. The number of halogens is 2. The van der Waals surface area contributed by atoms with Crippen molar-refractivity contribution in [1.82, 2.24) is 10.2 Å². The molecule has 0 aromatic heterocycles. The Balaban J connectivity index is 2.17. The molecule has 0 bridgehead atoms. The van der Waals surface area contributed by atoms with Crippen molar-refractivity contribution < 1.29 is 4.74 Å². The number of hydrogen-bond acceptors (Lipinski definition) is 3. The van der Waals surface area contributed by atoms with Crippen molar-refractivity contribution in [2.45, 2.75) is 19.5 Å². The summed E-state index contributed by atoms with van der Waals surface area (Å²) in [6.45, 7) is 6.36. The number of hydrogen-bond donors (Lipinski definition) is 1.